The van der Waals surface area contributed by atoms with Crippen molar-refractivity contribution in [2.45, 2.75) is 18.5 Å². The second-order valence-electron chi connectivity index (χ2n) is 8.21. The van der Waals surface area contributed by atoms with E-state index in [-0.39, 0.29) is 11.7 Å². The third kappa shape index (κ3) is 6.42. The molecule has 0 unspecified atom stereocenters. The Bertz CT molecular complexity index is 1520. The number of para-hydroxylation sites is 1. The number of benzene rings is 3. The lowest BCUT2D eigenvalue weighted by Gasteiger charge is -2.11. The molecule has 7 nitrogen and oxygen atoms in total. The van der Waals surface area contributed by atoms with Crippen LogP contribution in [0.1, 0.15) is 17.4 Å². The summed E-state index contributed by atoms with van der Waals surface area (Å²) in [7, 11) is 0. The zero-order valence-electron chi connectivity index (χ0n) is 20.5. The average Bonchev–Trinajstić information content (AvgIpc) is 3.55. The summed E-state index contributed by atoms with van der Waals surface area (Å²) in [5, 5.41) is 13.6. The third-order valence-corrected chi connectivity index (χ3v) is 7.55. The van der Waals surface area contributed by atoms with E-state index in [1.807, 2.05) is 90.4 Å². The average molecular weight is 562 g/mol. The number of thioether (sulfide) groups is 1. The number of carbonyl (C=O) groups is 1. The van der Waals surface area contributed by atoms with Gasteiger partial charge in [0.05, 0.1) is 12.4 Å². The standard InChI is InChI=1S/C28H24ClN5O2S2/c1-2-36-23-13-11-20(12-14-23)26-32-33-28(34(26)22-9-4-3-5-10-22)37-18-25(35)31-27-30-17-24(38-27)16-19-7-6-8-21(29)15-19/h3-15,17H,2,16,18H2,1H3,(H,30,31,35). The molecule has 0 radical (unpaired) electrons. The van der Waals surface area contributed by atoms with Crippen LogP contribution in [0.15, 0.2) is 90.2 Å². The lowest BCUT2D eigenvalue weighted by molar-refractivity contribution is -0.113. The Morgan fingerprint density at radius 2 is 1.87 bits per heavy atom. The molecule has 2 aromatic heterocycles. The maximum absolute atomic E-state index is 12.8. The van der Waals surface area contributed by atoms with E-state index in [4.69, 9.17) is 16.3 Å². The van der Waals surface area contributed by atoms with Gasteiger partial charge in [-0.25, -0.2) is 4.98 Å². The topological polar surface area (TPSA) is 81.9 Å². The normalized spacial score (nSPS) is 10.9. The molecule has 192 valence electrons. The van der Waals surface area contributed by atoms with Gasteiger partial charge >= 0.3 is 0 Å². The lowest BCUT2D eigenvalue weighted by atomic mass is 10.1. The SMILES string of the molecule is CCOc1ccc(-c2nnc(SCC(=O)Nc3ncc(Cc4cccc(Cl)c4)s3)n2-c2ccccc2)cc1. The van der Waals surface area contributed by atoms with Crippen LogP contribution in [0.4, 0.5) is 5.13 Å². The smallest absolute Gasteiger partial charge is 0.236 e. The summed E-state index contributed by atoms with van der Waals surface area (Å²) in [4.78, 5) is 18.2. The molecule has 5 aromatic rings. The molecule has 0 aliphatic heterocycles. The van der Waals surface area contributed by atoms with Gasteiger partial charge in [-0.3, -0.25) is 9.36 Å². The predicted molar refractivity (Wildman–Crippen MR) is 154 cm³/mol. The first-order valence-corrected chi connectivity index (χ1v) is 14.1. The molecular formula is C28H24ClN5O2S2. The van der Waals surface area contributed by atoms with E-state index in [1.54, 1.807) is 6.20 Å². The summed E-state index contributed by atoms with van der Waals surface area (Å²) in [5.41, 5.74) is 2.91. The highest BCUT2D eigenvalue weighted by Gasteiger charge is 2.18. The van der Waals surface area contributed by atoms with Crippen LogP contribution in [0, 0.1) is 0 Å². The van der Waals surface area contributed by atoms with E-state index in [1.165, 1.54) is 23.1 Å². The number of hydrogen-bond donors (Lipinski definition) is 1. The summed E-state index contributed by atoms with van der Waals surface area (Å²) in [6.45, 7) is 2.56. The number of nitrogens with one attached hydrogen (secondary N) is 1. The highest BCUT2D eigenvalue weighted by atomic mass is 35.5. The van der Waals surface area contributed by atoms with Crippen LogP contribution in [0.5, 0.6) is 5.75 Å². The lowest BCUT2D eigenvalue weighted by Crippen LogP contribution is -2.14. The summed E-state index contributed by atoms with van der Waals surface area (Å²) in [5.74, 6) is 1.49. The monoisotopic (exact) mass is 561 g/mol. The third-order valence-electron chi connectivity index (χ3n) is 5.47. The van der Waals surface area contributed by atoms with E-state index in [2.05, 4.69) is 20.5 Å². The van der Waals surface area contributed by atoms with Crippen molar-refractivity contribution in [3.63, 3.8) is 0 Å². The van der Waals surface area contributed by atoms with E-state index >= 15 is 0 Å². The highest BCUT2D eigenvalue weighted by Crippen LogP contribution is 2.29. The van der Waals surface area contributed by atoms with Crippen LogP contribution in [-0.4, -0.2) is 38.0 Å². The Balaban J connectivity index is 1.28. The van der Waals surface area contributed by atoms with Crippen molar-refractivity contribution in [3.05, 3.63) is 101 Å². The molecule has 0 aliphatic rings. The Labute approximate surface area is 233 Å². The van der Waals surface area contributed by atoms with E-state index in [0.29, 0.717) is 34.2 Å². The molecule has 10 heteroatoms. The number of carbonyl (C=O) groups excluding carboxylic acids is 1. The van der Waals surface area contributed by atoms with E-state index in [9.17, 15) is 4.79 Å². The summed E-state index contributed by atoms with van der Waals surface area (Å²) >= 11 is 8.86. The predicted octanol–water partition coefficient (Wildman–Crippen LogP) is 6.76. The molecule has 1 N–H and O–H groups in total. The molecule has 0 fully saturated rings. The quantitative estimate of drug-likeness (QED) is 0.190. The maximum Gasteiger partial charge on any atom is 0.236 e. The first kappa shape index (κ1) is 26.0. The highest BCUT2D eigenvalue weighted by molar-refractivity contribution is 7.99. The molecule has 0 saturated carbocycles. The van der Waals surface area contributed by atoms with Crippen molar-refractivity contribution >= 4 is 45.7 Å². The number of halogens is 1. The zero-order valence-corrected chi connectivity index (χ0v) is 22.9. The van der Waals surface area contributed by atoms with Gasteiger partial charge in [0.25, 0.3) is 0 Å². The largest absolute Gasteiger partial charge is 0.494 e. The van der Waals surface area contributed by atoms with Crippen LogP contribution < -0.4 is 10.1 Å². The fourth-order valence-corrected chi connectivity index (χ4v) is 5.64. The van der Waals surface area contributed by atoms with Gasteiger partial charge in [0.1, 0.15) is 5.75 Å². The van der Waals surface area contributed by atoms with Crippen molar-refractivity contribution in [1.82, 2.24) is 19.7 Å². The minimum atomic E-state index is -0.163. The molecule has 2 heterocycles. The molecule has 5 rings (SSSR count). The van der Waals surface area contributed by atoms with Crippen LogP contribution in [-0.2, 0) is 11.2 Å². The van der Waals surface area contributed by atoms with E-state index < -0.39 is 0 Å². The molecule has 1 amide bonds. The van der Waals surface area contributed by atoms with Gasteiger partial charge < -0.3 is 10.1 Å². The zero-order chi connectivity index (χ0) is 26.3. The summed E-state index contributed by atoms with van der Waals surface area (Å²) < 4.78 is 7.52. The Morgan fingerprint density at radius 3 is 2.63 bits per heavy atom. The number of hydrogen-bond acceptors (Lipinski definition) is 7. The molecule has 0 bridgehead atoms. The number of thiazole rings is 1. The van der Waals surface area contributed by atoms with Gasteiger partial charge in [-0.2, -0.15) is 0 Å². The molecule has 38 heavy (non-hydrogen) atoms. The molecule has 0 spiro atoms. The number of anilines is 1. The molecule has 3 aromatic carbocycles. The summed E-state index contributed by atoms with van der Waals surface area (Å²) in [6.07, 6.45) is 2.49. The fraction of sp³-hybridized carbons (Fsp3) is 0.143. The van der Waals surface area contributed by atoms with Gasteiger partial charge in [-0.15, -0.1) is 21.5 Å². The fourth-order valence-electron chi connectivity index (χ4n) is 3.81. The van der Waals surface area contributed by atoms with E-state index in [0.717, 1.165) is 27.4 Å². The van der Waals surface area contributed by atoms with Gasteiger partial charge in [-0.05, 0) is 61.0 Å². The van der Waals surface area contributed by atoms with Gasteiger partial charge in [0, 0.05) is 33.8 Å². The maximum atomic E-state index is 12.8. The summed E-state index contributed by atoms with van der Waals surface area (Å²) in [6, 6.07) is 25.3. The number of rotatable bonds is 10. The van der Waals surface area contributed by atoms with Crippen LogP contribution >= 0.6 is 34.7 Å². The Morgan fingerprint density at radius 1 is 1.05 bits per heavy atom. The first-order valence-electron chi connectivity index (χ1n) is 11.9. The van der Waals surface area contributed by atoms with Crippen molar-refractivity contribution in [1.29, 1.82) is 0 Å². The number of aromatic nitrogens is 4. The molecule has 0 aliphatic carbocycles. The minimum Gasteiger partial charge on any atom is -0.494 e. The number of ether oxygens (including phenoxy) is 1. The molecular weight excluding hydrogens is 538 g/mol. The van der Waals surface area contributed by atoms with Gasteiger partial charge in [0.2, 0.25) is 5.91 Å². The number of nitrogens with zero attached hydrogens (tertiary/aromatic N) is 4. The Hall–Kier alpha value is -3.66. The first-order chi connectivity index (χ1) is 18.6. The molecule has 0 saturated heterocycles. The van der Waals surface area contributed by atoms with Gasteiger partial charge in [0.15, 0.2) is 16.1 Å². The Kier molecular flexibility index (Phi) is 8.37. The second kappa shape index (κ2) is 12.3. The molecule has 0 atom stereocenters. The second-order valence-corrected chi connectivity index (χ2v) is 10.7. The van der Waals surface area contributed by atoms with Crippen LogP contribution in [0.25, 0.3) is 17.1 Å². The van der Waals surface area contributed by atoms with Crippen LogP contribution in [0.3, 0.4) is 0 Å². The van der Waals surface area contributed by atoms with Crippen molar-refractivity contribution < 1.29 is 9.53 Å². The van der Waals surface area contributed by atoms with Crippen molar-refractivity contribution in [2.75, 3.05) is 17.7 Å². The van der Waals surface area contributed by atoms with Gasteiger partial charge in [-0.1, -0.05) is 53.7 Å². The van der Waals surface area contributed by atoms with Crippen LogP contribution in [0.2, 0.25) is 5.02 Å². The van der Waals surface area contributed by atoms with Crippen molar-refractivity contribution in [2.24, 2.45) is 0 Å². The minimum absolute atomic E-state index is 0.163. The van der Waals surface area contributed by atoms with Crippen molar-refractivity contribution in [3.8, 4) is 22.8 Å². The number of amides is 1.